The average molecular weight is 456 g/mol. The van der Waals surface area contributed by atoms with Gasteiger partial charge in [0, 0.05) is 23.9 Å². The van der Waals surface area contributed by atoms with Gasteiger partial charge in [0.05, 0.1) is 16.3 Å². The first kappa shape index (κ1) is 21.6. The third-order valence-corrected chi connectivity index (χ3v) is 7.06. The van der Waals surface area contributed by atoms with Crippen LogP contribution in [0.3, 0.4) is 0 Å². The summed E-state index contributed by atoms with van der Waals surface area (Å²) in [5, 5.41) is 3.54. The zero-order chi connectivity index (χ0) is 21.8. The van der Waals surface area contributed by atoms with Gasteiger partial charge in [-0.25, -0.2) is 9.37 Å². The van der Waals surface area contributed by atoms with Crippen molar-refractivity contribution in [3.8, 4) is 0 Å². The van der Waals surface area contributed by atoms with Crippen LogP contribution in [0.2, 0.25) is 0 Å². The number of hydrogen-bond donors (Lipinski definition) is 1. The SMILES string of the molecule is CC1Cc2nc(SCC(=O)Nc3cccc(F)c3)n(CCc3ccccc3)c(=O)c2S1. The molecular formula is C23H22FN3O2S2. The van der Waals surface area contributed by atoms with Crippen LogP contribution in [0, 0.1) is 5.82 Å². The second kappa shape index (κ2) is 9.70. The molecule has 4 rings (SSSR count). The van der Waals surface area contributed by atoms with Crippen molar-refractivity contribution in [1.82, 2.24) is 9.55 Å². The van der Waals surface area contributed by atoms with Crippen LogP contribution in [-0.2, 0) is 24.2 Å². The van der Waals surface area contributed by atoms with E-state index in [1.165, 1.54) is 23.9 Å². The quantitative estimate of drug-likeness (QED) is 0.423. The molecule has 0 bridgehead atoms. The van der Waals surface area contributed by atoms with Crippen molar-refractivity contribution in [3.63, 3.8) is 0 Å². The number of rotatable bonds is 7. The first-order chi connectivity index (χ1) is 15.0. The summed E-state index contributed by atoms with van der Waals surface area (Å²) in [5.41, 5.74) is 2.31. The van der Waals surface area contributed by atoms with Crippen molar-refractivity contribution in [2.75, 3.05) is 11.1 Å². The lowest BCUT2D eigenvalue weighted by atomic mass is 10.1. The molecule has 31 heavy (non-hydrogen) atoms. The molecule has 1 unspecified atom stereocenters. The van der Waals surface area contributed by atoms with Crippen LogP contribution in [-0.4, -0.2) is 26.5 Å². The number of nitrogens with one attached hydrogen (secondary N) is 1. The molecule has 1 amide bonds. The minimum absolute atomic E-state index is 0.0386. The Balaban J connectivity index is 1.52. The fraction of sp³-hybridized carbons (Fsp3) is 0.261. The molecule has 1 aromatic heterocycles. The van der Waals surface area contributed by atoms with Gasteiger partial charge >= 0.3 is 0 Å². The number of carbonyl (C=O) groups excluding carboxylic acids is 1. The second-order valence-electron chi connectivity index (χ2n) is 7.34. The van der Waals surface area contributed by atoms with Crippen molar-refractivity contribution in [2.24, 2.45) is 0 Å². The third-order valence-electron chi connectivity index (χ3n) is 4.87. The molecule has 2 heterocycles. The summed E-state index contributed by atoms with van der Waals surface area (Å²) in [4.78, 5) is 31.0. The van der Waals surface area contributed by atoms with E-state index in [0.29, 0.717) is 34.0 Å². The number of aromatic nitrogens is 2. The molecule has 2 aromatic carbocycles. The summed E-state index contributed by atoms with van der Waals surface area (Å²) in [6, 6.07) is 15.7. The number of benzene rings is 2. The Bertz CT molecular complexity index is 1150. The lowest BCUT2D eigenvalue weighted by Crippen LogP contribution is -2.27. The molecule has 0 saturated heterocycles. The van der Waals surface area contributed by atoms with E-state index in [1.807, 2.05) is 30.3 Å². The third kappa shape index (κ3) is 5.37. The van der Waals surface area contributed by atoms with Crippen molar-refractivity contribution in [2.45, 2.75) is 41.6 Å². The summed E-state index contributed by atoms with van der Waals surface area (Å²) in [7, 11) is 0. The summed E-state index contributed by atoms with van der Waals surface area (Å²) in [5.74, 6) is -0.606. The topological polar surface area (TPSA) is 64.0 Å². The first-order valence-electron chi connectivity index (χ1n) is 10.0. The minimum atomic E-state index is -0.410. The lowest BCUT2D eigenvalue weighted by molar-refractivity contribution is -0.113. The highest BCUT2D eigenvalue weighted by atomic mass is 32.2. The number of amides is 1. The maximum absolute atomic E-state index is 13.3. The summed E-state index contributed by atoms with van der Waals surface area (Å²) in [6.45, 7) is 2.57. The molecule has 160 valence electrons. The van der Waals surface area contributed by atoms with Gasteiger partial charge < -0.3 is 5.32 Å². The van der Waals surface area contributed by atoms with E-state index < -0.39 is 5.82 Å². The number of halogens is 1. The molecule has 0 saturated carbocycles. The molecule has 8 heteroatoms. The molecule has 1 N–H and O–H groups in total. The number of fused-ring (bicyclic) bond motifs is 1. The lowest BCUT2D eigenvalue weighted by Gasteiger charge is -2.14. The largest absolute Gasteiger partial charge is 0.325 e. The Kier molecular flexibility index (Phi) is 6.77. The van der Waals surface area contributed by atoms with Crippen LogP contribution in [0.5, 0.6) is 0 Å². The van der Waals surface area contributed by atoms with Gasteiger partial charge in [0.25, 0.3) is 5.56 Å². The van der Waals surface area contributed by atoms with E-state index in [0.717, 1.165) is 17.7 Å². The number of anilines is 1. The van der Waals surface area contributed by atoms with Crippen LogP contribution in [0.1, 0.15) is 18.2 Å². The number of nitrogens with zero attached hydrogens (tertiary/aromatic N) is 2. The van der Waals surface area contributed by atoms with E-state index in [1.54, 1.807) is 28.5 Å². The van der Waals surface area contributed by atoms with Crippen LogP contribution < -0.4 is 10.9 Å². The molecule has 0 radical (unpaired) electrons. The molecule has 3 aromatic rings. The number of carbonyl (C=O) groups is 1. The number of aryl methyl sites for hydroxylation is 1. The van der Waals surface area contributed by atoms with Gasteiger partial charge in [-0.1, -0.05) is 55.1 Å². The predicted octanol–water partition coefficient (Wildman–Crippen LogP) is 4.39. The highest BCUT2D eigenvalue weighted by Gasteiger charge is 2.26. The normalized spacial score (nSPS) is 15.0. The zero-order valence-corrected chi connectivity index (χ0v) is 18.6. The van der Waals surface area contributed by atoms with E-state index in [9.17, 15) is 14.0 Å². The molecule has 0 fully saturated rings. The van der Waals surface area contributed by atoms with E-state index in [-0.39, 0.29) is 17.2 Å². The smallest absolute Gasteiger partial charge is 0.268 e. The molecule has 0 spiro atoms. The van der Waals surface area contributed by atoms with Crippen molar-refractivity contribution < 1.29 is 9.18 Å². The van der Waals surface area contributed by atoms with E-state index in [2.05, 4.69) is 12.2 Å². The average Bonchev–Trinajstić information content (AvgIpc) is 3.13. The fourth-order valence-corrected chi connectivity index (χ4v) is 5.37. The van der Waals surface area contributed by atoms with Crippen LogP contribution in [0.15, 0.2) is 69.4 Å². The Morgan fingerprint density at radius 1 is 1.26 bits per heavy atom. The van der Waals surface area contributed by atoms with E-state index in [4.69, 9.17) is 4.98 Å². The minimum Gasteiger partial charge on any atom is -0.325 e. The monoisotopic (exact) mass is 455 g/mol. The maximum Gasteiger partial charge on any atom is 0.268 e. The summed E-state index contributed by atoms with van der Waals surface area (Å²) < 4.78 is 15.0. The van der Waals surface area contributed by atoms with Gasteiger partial charge in [0.15, 0.2) is 5.16 Å². The van der Waals surface area contributed by atoms with Gasteiger partial charge in [-0.2, -0.15) is 0 Å². The van der Waals surface area contributed by atoms with Crippen molar-refractivity contribution in [3.05, 3.63) is 82.0 Å². The molecule has 5 nitrogen and oxygen atoms in total. The Morgan fingerprint density at radius 2 is 2.06 bits per heavy atom. The van der Waals surface area contributed by atoms with Gasteiger partial charge in [0.2, 0.25) is 5.91 Å². The standard InChI is InChI=1S/C23H22FN3O2S2/c1-15-12-19-21(31-15)22(29)27(11-10-16-6-3-2-4-7-16)23(26-19)30-14-20(28)25-18-9-5-8-17(24)13-18/h2-9,13,15H,10-12,14H2,1H3,(H,25,28). The molecule has 1 aliphatic heterocycles. The molecule has 1 aliphatic rings. The summed E-state index contributed by atoms with van der Waals surface area (Å²) in [6.07, 6.45) is 1.45. The molecule has 1 atom stereocenters. The Morgan fingerprint density at radius 3 is 2.84 bits per heavy atom. The van der Waals surface area contributed by atoms with Gasteiger partial charge in [-0.3, -0.25) is 14.2 Å². The van der Waals surface area contributed by atoms with Crippen molar-refractivity contribution >= 4 is 35.1 Å². The van der Waals surface area contributed by atoms with Gasteiger partial charge in [-0.05, 0) is 30.2 Å². The van der Waals surface area contributed by atoms with Crippen molar-refractivity contribution in [1.29, 1.82) is 0 Å². The fourth-order valence-electron chi connectivity index (χ4n) is 3.42. The number of hydrogen-bond acceptors (Lipinski definition) is 5. The van der Waals surface area contributed by atoms with Crippen LogP contribution in [0.25, 0.3) is 0 Å². The Hall–Kier alpha value is -2.58. The first-order valence-corrected chi connectivity index (χ1v) is 11.9. The van der Waals surface area contributed by atoms with E-state index >= 15 is 0 Å². The number of thioether (sulfide) groups is 2. The molecule has 0 aliphatic carbocycles. The maximum atomic E-state index is 13.3. The highest BCUT2D eigenvalue weighted by Crippen LogP contribution is 2.34. The second-order valence-corrected chi connectivity index (χ2v) is 9.73. The molecular weight excluding hydrogens is 433 g/mol. The predicted molar refractivity (Wildman–Crippen MR) is 123 cm³/mol. The Labute approximate surface area is 188 Å². The highest BCUT2D eigenvalue weighted by molar-refractivity contribution is 8.00. The zero-order valence-electron chi connectivity index (χ0n) is 17.0. The van der Waals surface area contributed by atoms with Crippen LogP contribution in [0.4, 0.5) is 10.1 Å². The van der Waals surface area contributed by atoms with Gasteiger partial charge in [0.1, 0.15) is 5.82 Å². The van der Waals surface area contributed by atoms with Crippen LogP contribution >= 0.6 is 23.5 Å². The van der Waals surface area contributed by atoms with Gasteiger partial charge in [-0.15, -0.1) is 11.8 Å². The summed E-state index contributed by atoms with van der Waals surface area (Å²) >= 11 is 2.80.